The molecule has 4 heteroatoms. The Morgan fingerprint density at radius 3 is 2.23 bits per heavy atom. The molecular weight excluding hydrogens is 280 g/mol. The molecule has 0 heterocycles. The van der Waals surface area contributed by atoms with Gasteiger partial charge in [0, 0.05) is 12.5 Å². The molecule has 4 fully saturated rings. The second-order valence-electron chi connectivity index (χ2n) is 8.55. The minimum absolute atomic E-state index is 0.104. The van der Waals surface area contributed by atoms with E-state index in [0.717, 1.165) is 32.1 Å². The zero-order valence-corrected chi connectivity index (χ0v) is 13.8. The predicted octanol–water partition coefficient (Wildman–Crippen LogP) is 3.40. The van der Waals surface area contributed by atoms with E-state index in [1.54, 1.807) is 0 Å². The Labute approximate surface area is 132 Å². The number of esters is 2. The van der Waals surface area contributed by atoms with Crippen LogP contribution in [0.2, 0.25) is 0 Å². The highest BCUT2D eigenvalue weighted by molar-refractivity contribution is 5.82. The third kappa shape index (κ3) is 2.68. The quantitative estimate of drug-likeness (QED) is 0.592. The molecule has 0 radical (unpaired) electrons. The first-order chi connectivity index (χ1) is 10.2. The average Bonchev–Trinajstić information content (AvgIpc) is 2.34. The van der Waals surface area contributed by atoms with E-state index < -0.39 is 16.6 Å². The molecule has 0 saturated heterocycles. The van der Waals surface area contributed by atoms with Crippen LogP contribution in [0.15, 0.2) is 12.7 Å². The number of carbonyl (C=O) groups is 2. The van der Waals surface area contributed by atoms with Crippen LogP contribution in [0.25, 0.3) is 0 Å². The largest absolute Gasteiger partial charge is 0.460 e. The monoisotopic (exact) mass is 306 g/mol. The van der Waals surface area contributed by atoms with Gasteiger partial charge in [0.05, 0.1) is 5.41 Å². The summed E-state index contributed by atoms with van der Waals surface area (Å²) < 4.78 is 11.4. The Hall–Kier alpha value is -1.32. The van der Waals surface area contributed by atoms with E-state index in [1.165, 1.54) is 6.08 Å². The summed E-state index contributed by atoms with van der Waals surface area (Å²) >= 11 is 0. The topological polar surface area (TPSA) is 52.6 Å². The van der Waals surface area contributed by atoms with Gasteiger partial charge in [0.1, 0.15) is 11.2 Å². The van der Waals surface area contributed by atoms with E-state index in [1.807, 2.05) is 20.8 Å². The molecule has 22 heavy (non-hydrogen) atoms. The lowest BCUT2D eigenvalue weighted by Gasteiger charge is -2.60. The summed E-state index contributed by atoms with van der Waals surface area (Å²) in [7, 11) is 0. The highest BCUT2D eigenvalue weighted by Gasteiger charge is 2.63. The van der Waals surface area contributed by atoms with Gasteiger partial charge >= 0.3 is 11.9 Å². The van der Waals surface area contributed by atoms with Gasteiger partial charge in [0.25, 0.3) is 0 Å². The van der Waals surface area contributed by atoms with Crippen molar-refractivity contribution < 1.29 is 19.1 Å². The molecule has 4 rings (SSSR count). The van der Waals surface area contributed by atoms with E-state index in [-0.39, 0.29) is 11.9 Å². The van der Waals surface area contributed by atoms with E-state index in [4.69, 9.17) is 9.47 Å². The van der Waals surface area contributed by atoms with E-state index >= 15 is 0 Å². The molecule has 2 unspecified atom stereocenters. The minimum atomic E-state index is -0.481. The standard InChI is InChI=1S/C18H26O4/c1-5-14(19)21-18-9-12-6-13(10-18)8-17(7-12,11-18)15(20)22-16(2,3)4/h5,12-13H,1,6-11H2,2-4H3. The Bertz CT molecular complexity index is 500. The van der Waals surface area contributed by atoms with Gasteiger partial charge in [-0.3, -0.25) is 4.79 Å². The molecule has 4 nitrogen and oxygen atoms in total. The molecule has 4 aliphatic carbocycles. The van der Waals surface area contributed by atoms with Crippen molar-refractivity contribution >= 4 is 11.9 Å². The van der Waals surface area contributed by atoms with Crippen LogP contribution in [0.1, 0.15) is 59.3 Å². The van der Waals surface area contributed by atoms with Crippen molar-refractivity contribution in [3.8, 4) is 0 Å². The smallest absolute Gasteiger partial charge is 0.330 e. The second-order valence-corrected chi connectivity index (χ2v) is 8.55. The van der Waals surface area contributed by atoms with Gasteiger partial charge in [-0.2, -0.15) is 0 Å². The van der Waals surface area contributed by atoms with Crippen molar-refractivity contribution in [2.24, 2.45) is 17.3 Å². The lowest BCUT2D eigenvalue weighted by molar-refractivity contribution is -0.215. The predicted molar refractivity (Wildman–Crippen MR) is 82.0 cm³/mol. The summed E-state index contributed by atoms with van der Waals surface area (Å²) in [5, 5.41) is 0. The maximum absolute atomic E-state index is 12.8. The van der Waals surface area contributed by atoms with Crippen LogP contribution < -0.4 is 0 Å². The third-order valence-electron chi connectivity index (χ3n) is 5.32. The zero-order chi connectivity index (χ0) is 16.2. The average molecular weight is 306 g/mol. The number of ether oxygens (including phenoxy) is 2. The van der Waals surface area contributed by atoms with E-state index in [0.29, 0.717) is 18.3 Å². The highest BCUT2D eigenvalue weighted by Crippen LogP contribution is 2.63. The Morgan fingerprint density at radius 2 is 1.73 bits per heavy atom. The Balaban J connectivity index is 1.86. The molecule has 0 spiro atoms. The first kappa shape index (κ1) is 15.6. The summed E-state index contributed by atoms with van der Waals surface area (Å²) in [5.41, 5.74) is -1.42. The molecule has 0 aromatic carbocycles. The number of carbonyl (C=O) groups excluding carboxylic acids is 2. The van der Waals surface area contributed by atoms with Gasteiger partial charge in [-0.15, -0.1) is 0 Å². The van der Waals surface area contributed by atoms with Gasteiger partial charge in [-0.1, -0.05) is 6.58 Å². The molecule has 0 aliphatic heterocycles. The minimum Gasteiger partial charge on any atom is -0.460 e. The van der Waals surface area contributed by atoms with Crippen molar-refractivity contribution in [1.82, 2.24) is 0 Å². The van der Waals surface area contributed by atoms with Gasteiger partial charge < -0.3 is 9.47 Å². The summed E-state index contributed by atoms with van der Waals surface area (Å²) in [6.07, 6.45) is 6.51. The SMILES string of the molecule is C=CC(=O)OC12CC3CC(C1)CC(C(=O)OC(C)(C)C)(C3)C2. The highest BCUT2D eigenvalue weighted by atomic mass is 16.6. The molecule has 4 aliphatic rings. The molecule has 0 aromatic heterocycles. The normalized spacial score (nSPS) is 39.4. The lowest BCUT2D eigenvalue weighted by Crippen LogP contribution is -2.60. The van der Waals surface area contributed by atoms with Crippen LogP contribution in [0.4, 0.5) is 0 Å². The number of hydrogen-bond donors (Lipinski definition) is 0. The molecule has 4 bridgehead atoms. The first-order valence-electron chi connectivity index (χ1n) is 8.24. The van der Waals surface area contributed by atoms with Crippen molar-refractivity contribution in [1.29, 1.82) is 0 Å². The maximum atomic E-state index is 12.8. The molecule has 0 aromatic rings. The van der Waals surface area contributed by atoms with Crippen LogP contribution >= 0.6 is 0 Å². The third-order valence-corrected chi connectivity index (χ3v) is 5.32. The fourth-order valence-corrected chi connectivity index (χ4v) is 5.18. The second kappa shape index (κ2) is 4.84. The molecule has 122 valence electrons. The van der Waals surface area contributed by atoms with Crippen molar-refractivity contribution in [3.63, 3.8) is 0 Å². The molecular formula is C18H26O4. The lowest BCUT2D eigenvalue weighted by atomic mass is 9.48. The van der Waals surface area contributed by atoms with Crippen LogP contribution in [-0.2, 0) is 19.1 Å². The van der Waals surface area contributed by atoms with Crippen LogP contribution in [-0.4, -0.2) is 23.1 Å². The van der Waals surface area contributed by atoms with Crippen molar-refractivity contribution in [2.45, 2.75) is 70.5 Å². The molecule has 0 amide bonds. The Kier molecular flexibility index (Phi) is 3.42. The van der Waals surface area contributed by atoms with Gasteiger partial charge in [0.2, 0.25) is 0 Å². The molecule has 2 atom stereocenters. The molecule has 0 N–H and O–H groups in total. The van der Waals surface area contributed by atoms with Crippen molar-refractivity contribution in [2.75, 3.05) is 0 Å². The fourth-order valence-electron chi connectivity index (χ4n) is 5.18. The van der Waals surface area contributed by atoms with Gasteiger partial charge in [0.15, 0.2) is 0 Å². The first-order valence-corrected chi connectivity index (χ1v) is 8.24. The summed E-state index contributed by atoms with van der Waals surface area (Å²) in [4.78, 5) is 24.6. The van der Waals surface area contributed by atoms with E-state index in [9.17, 15) is 9.59 Å². The van der Waals surface area contributed by atoms with Crippen molar-refractivity contribution in [3.05, 3.63) is 12.7 Å². The fraction of sp³-hybridized carbons (Fsp3) is 0.778. The maximum Gasteiger partial charge on any atom is 0.330 e. The summed E-state index contributed by atoms with van der Waals surface area (Å²) in [6, 6.07) is 0. The van der Waals surface area contributed by atoms with Crippen LogP contribution in [0.5, 0.6) is 0 Å². The van der Waals surface area contributed by atoms with Gasteiger partial charge in [-0.25, -0.2) is 4.79 Å². The summed E-state index contributed by atoms with van der Waals surface area (Å²) in [6.45, 7) is 9.20. The number of hydrogen-bond acceptors (Lipinski definition) is 4. The Morgan fingerprint density at radius 1 is 1.14 bits per heavy atom. The summed E-state index contributed by atoms with van der Waals surface area (Å²) in [5.74, 6) is 0.451. The van der Waals surface area contributed by atoms with Crippen LogP contribution in [0, 0.1) is 17.3 Å². The van der Waals surface area contributed by atoms with Gasteiger partial charge in [-0.05, 0) is 64.7 Å². The van der Waals surface area contributed by atoms with E-state index in [2.05, 4.69) is 6.58 Å². The molecule has 4 saturated carbocycles. The number of rotatable bonds is 3. The van der Waals surface area contributed by atoms with Crippen LogP contribution in [0.3, 0.4) is 0 Å². The zero-order valence-electron chi connectivity index (χ0n) is 13.8.